The Morgan fingerprint density at radius 1 is 1.14 bits per heavy atom. The summed E-state index contributed by atoms with van der Waals surface area (Å²) in [5.41, 5.74) is 2.44. The lowest BCUT2D eigenvalue weighted by molar-refractivity contribution is 0.464. The minimum Gasteiger partial charge on any atom is -0.506 e. The highest BCUT2D eigenvalue weighted by Crippen LogP contribution is 2.18. The maximum atomic E-state index is 9.77. The van der Waals surface area contributed by atoms with Gasteiger partial charge in [0.2, 0.25) is 0 Å². The molecule has 21 heavy (non-hydrogen) atoms. The van der Waals surface area contributed by atoms with E-state index < -0.39 is 0 Å². The van der Waals surface area contributed by atoms with Crippen LogP contribution in [0.4, 0.5) is 11.5 Å². The zero-order chi connectivity index (χ0) is 15.2. The lowest BCUT2D eigenvalue weighted by atomic mass is 10.2. The number of aromatic hydroxyl groups is 1. The van der Waals surface area contributed by atoms with Crippen molar-refractivity contribution in [3.63, 3.8) is 0 Å². The van der Waals surface area contributed by atoms with Gasteiger partial charge in [0.1, 0.15) is 17.3 Å². The van der Waals surface area contributed by atoms with Gasteiger partial charge in [-0.1, -0.05) is 0 Å². The van der Waals surface area contributed by atoms with E-state index in [1.807, 2.05) is 19.1 Å². The summed E-state index contributed by atoms with van der Waals surface area (Å²) in [5.74, 6) is 1.18. The van der Waals surface area contributed by atoms with Gasteiger partial charge >= 0.3 is 0 Å². The molecule has 2 aromatic heterocycles. The van der Waals surface area contributed by atoms with Crippen LogP contribution in [0.2, 0.25) is 0 Å². The molecule has 0 saturated heterocycles. The first-order chi connectivity index (χ1) is 10.1. The standard InChI is InChI=1S/C16H22N4O/c1-4-20(5-2)16-9-7-13(10-18-16)17-11-14-15(21)8-6-12(3)19-14/h6-10,17,21H,4-5,11H2,1-3H3. The predicted octanol–water partition coefficient (Wildman–Crippen LogP) is 2.95. The van der Waals surface area contributed by atoms with Gasteiger partial charge in [0.15, 0.2) is 0 Å². The van der Waals surface area contributed by atoms with E-state index in [9.17, 15) is 5.11 Å². The van der Waals surface area contributed by atoms with Gasteiger partial charge in [0, 0.05) is 18.8 Å². The molecule has 112 valence electrons. The van der Waals surface area contributed by atoms with E-state index in [1.54, 1.807) is 18.3 Å². The van der Waals surface area contributed by atoms with Gasteiger partial charge in [0.05, 0.1) is 18.4 Å². The highest BCUT2D eigenvalue weighted by Gasteiger charge is 2.05. The molecule has 0 unspecified atom stereocenters. The largest absolute Gasteiger partial charge is 0.506 e. The van der Waals surface area contributed by atoms with Crippen LogP contribution in [0.5, 0.6) is 5.75 Å². The van der Waals surface area contributed by atoms with Crippen molar-refractivity contribution in [2.45, 2.75) is 27.3 Å². The molecule has 2 aromatic rings. The summed E-state index contributed by atoms with van der Waals surface area (Å²) in [6.07, 6.45) is 1.81. The minimum atomic E-state index is 0.209. The maximum Gasteiger partial charge on any atom is 0.138 e. The zero-order valence-electron chi connectivity index (χ0n) is 12.8. The fourth-order valence-electron chi connectivity index (χ4n) is 2.14. The lowest BCUT2D eigenvalue weighted by Crippen LogP contribution is -2.22. The Labute approximate surface area is 125 Å². The minimum absolute atomic E-state index is 0.209. The summed E-state index contributed by atoms with van der Waals surface area (Å²) in [5, 5.41) is 13.0. The normalized spacial score (nSPS) is 10.4. The summed E-state index contributed by atoms with van der Waals surface area (Å²) in [7, 11) is 0. The molecule has 0 radical (unpaired) electrons. The number of anilines is 2. The van der Waals surface area contributed by atoms with Gasteiger partial charge in [-0.2, -0.15) is 0 Å². The predicted molar refractivity (Wildman–Crippen MR) is 85.8 cm³/mol. The number of nitrogens with one attached hydrogen (secondary N) is 1. The van der Waals surface area contributed by atoms with Crippen LogP contribution in [0.1, 0.15) is 25.2 Å². The second-order valence-electron chi connectivity index (χ2n) is 4.85. The van der Waals surface area contributed by atoms with E-state index in [0.29, 0.717) is 12.2 Å². The molecule has 0 spiro atoms. The van der Waals surface area contributed by atoms with E-state index in [0.717, 1.165) is 30.3 Å². The second-order valence-corrected chi connectivity index (χ2v) is 4.85. The van der Waals surface area contributed by atoms with Crippen LogP contribution in [0, 0.1) is 6.92 Å². The number of aromatic nitrogens is 2. The number of rotatable bonds is 6. The van der Waals surface area contributed by atoms with Crippen molar-refractivity contribution in [3.05, 3.63) is 41.9 Å². The first-order valence-electron chi connectivity index (χ1n) is 7.24. The second kappa shape index (κ2) is 6.92. The van der Waals surface area contributed by atoms with Gasteiger partial charge in [-0.3, -0.25) is 4.98 Å². The summed E-state index contributed by atoms with van der Waals surface area (Å²) >= 11 is 0. The Hall–Kier alpha value is -2.30. The molecule has 5 nitrogen and oxygen atoms in total. The molecule has 0 atom stereocenters. The third-order valence-electron chi connectivity index (χ3n) is 3.38. The van der Waals surface area contributed by atoms with Gasteiger partial charge in [-0.15, -0.1) is 0 Å². The molecule has 0 saturated carbocycles. The van der Waals surface area contributed by atoms with Crippen molar-refractivity contribution >= 4 is 11.5 Å². The number of pyridine rings is 2. The van der Waals surface area contributed by atoms with Crippen molar-refractivity contribution in [1.82, 2.24) is 9.97 Å². The third kappa shape index (κ3) is 3.84. The van der Waals surface area contributed by atoms with Crippen molar-refractivity contribution in [3.8, 4) is 5.75 Å². The van der Waals surface area contributed by atoms with Crippen LogP contribution in [-0.2, 0) is 6.54 Å². The van der Waals surface area contributed by atoms with Gasteiger partial charge < -0.3 is 15.3 Å². The molecule has 2 rings (SSSR count). The van der Waals surface area contributed by atoms with Gasteiger partial charge in [0.25, 0.3) is 0 Å². The Bertz CT molecular complexity index is 579. The fraction of sp³-hybridized carbons (Fsp3) is 0.375. The van der Waals surface area contributed by atoms with Crippen LogP contribution in [0.15, 0.2) is 30.5 Å². The topological polar surface area (TPSA) is 61.3 Å². The molecular weight excluding hydrogens is 264 g/mol. The summed E-state index contributed by atoms with van der Waals surface area (Å²) in [6, 6.07) is 7.45. The average molecular weight is 286 g/mol. The molecular formula is C16H22N4O. The van der Waals surface area contributed by atoms with E-state index in [-0.39, 0.29) is 5.75 Å². The first-order valence-corrected chi connectivity index (χ1v) is 7.24. The van der Waals surface area contributed by atoms with Crippen molar-refractivity contribution in [2.24, 2.45) is 0 Å². The van der Waals surface area contributed by atoms with E-state index in [2.05, 4.69) is 34.0 Å². The Kier molecular flexibility index (Phi) is 4.98. The Morgan fingerprint density at radius 2 is 1.90 bits per heavy atom. The highest BCUT2D eigenvalue weighted by molar-refractivity contribution is 5.49. The van der Waals surface area contributed by atoms with Gasteiger partial charge in [-0.25, -0.2) is 4.98 Å². The monoisotopic (exact) mass is 286 g/mol. The zero-order valence-corrected chi connectivity index (χ0v) is 12.8. The molecule has 0 aromatic carbocycles. The van der Waals surface area contributed by atoms with Crippen LogP contribution >= 0.6 is 0 Å². The van der Waals surface area contributed by atoms with Crippen molar-refractivity contribution in [2.75, 3.05) is 23.3 Å². The summed E-state index contributed by atoms with van der Waals surface area (Å²) < 4.78 is 0. The molecule has 2 N–H and O–H groups in total. The SMILES string of the molecule is CCN(CC)c1ccc(NCc2nc(C)ccc2O)cn1. The van der Waals surface area contributed by atoms with Crippen LogP contribution in [-0.4, -0.2) is 28.2 Å². The number of aryl methyl sites for hydroxylation is 1. The lowest BCUT2D eigenvalue weighted by Gasteiger charge is -2.19. The van der Waals surface area contributed by atoms with Crippen molar-refractivity contribution < 1.29 is 5.11 Å². The molecule has 0 amide bonds. The van der Waals surface area contributed by atoms with E-state index >= 15 is 0 Å². The number of nitrogens with zero attached hydrogens (tertiary/aromatic N) is 3. The maximum absolute atomic E-state index is 9.77. The third-order valence-corrected chi connectivity index (χ3v) is 3.38. The summed E-state index contributed by atoms with van der Waals surface area (Å²) in [6.45, 7) is 8.49. The van der Waals surface area contributed by atoms with Crippen LogP contribution < -0.4 is 10.2 Å². The average Bonchev–Trinajstić information content (AvgIpc) is 2.51. The Morgan fingerprint density at radius 3 is 2.52 bits per heavy atom. The number of hydrogen-bond acceptors (Lipinski definition) is 5. The Balaban J connectivity index is 2.02. The molecule has 0 aliphatic heterocycles. The van der Waals surface area contributed by atoms with Crippen molar-refractivity contribution in [1.29, 1.82) is 0 Å². The molecule has 0 aliphatic carbocycles. The molecule has 0 fully saturated rings. The molecule has 5 heteroatoms. The smallest absolute Gasteiger partial charge is 0.138 e. The van der Waals surface area contributed by atoms with Gasteiger partial charge in [-0.05, 0) is 45.0 Å². The fourth-order valence-corrected chi connectivity index (χ4v) is 2.14. The summed E-state index contributed by atoms with van der Waals surface area (Å²) in [4.78, 5) is 11.0. The quantitative estimate of drug-likeness (QED) is 0.855. The highest BCUT2D eigenvalue weighted by atomic mass is 16.3. The van der Waals surface area contributed by atoms with Crippen LogP contribution in [0.25, 0.3) is 0 Å². The number of hydrogen-bond donors (Lipinski definition) is 2. The van der Waals surface area contributed by atoms with E-state index in [1.165, 1.54) is 0 Å². The molecule has 0 bridgehead atoms. The van der Waals surface area contributed by atoms with Crippen LogP contribution in [0.3, 0.4) is 0 Å². The van der Waals surface area contributed by atoms with E-state index in [4.69, 9.17) is 0 Å². The molecule has 0 aliphatic rings. The molecule has 2 heterocycles. The first kappa shape index (κ1) is 15.1.